The van der Waals surface area contributed by atoms with Crippen molar-refractivity contribution in [2.24, 2.45) is 5.73 Å². The molecule has 0 aliphatic rings. The van der Waals surface area contributed by atoms with Crippen LogP contribution in [0.2, 0.25) is 0 Å². The Balaban J connectivity index is -0.0000000800. The summed E-state index contributed by atoms with van der Waals surface area (Å²) in [6.45, 7) is 5.90. The summed E-state index contributed by atoms with van der Waals surface area (Å²) < 4.78 is 0. The van der Waals surface area contributed by atoms with E-state index in [1.54, 1.807) is 0 Å². The molecule has 0 unspecified atom stereocenters. The van der Waals surface area contributed by atoms with Crippen LogP contribution in [0.15, 0.2) is 0 Å². The van der Waals surface area contributed by atoms with E-state index in [0.29, 0.717) is 0 Å². The fourth-order valence-electron chi connectivity index (χ4n) is 0. The van der Waals surface area contributed by atoms with Crippen molar-refractivity contribution in [3.8, 4) is 0 Å². The maximum atomic E-state index is 5.35. The average Bonchev–Trinajstić information content (AvgIpc) is 0.722. The van der Waals surface area contributed by atoms with E-state index in [9.17, 15) is 0 Å². The van der Waals surface area contributed by atoms with Gasteiger partial charge in [0.15, 0.2) is 0 Å². The molecule has 0 rings (SSSR count). The van der Waals surface area contributed by atoms with Crippen LogP contribution in [0, 0.1) is 0 Å². The van der Waals surface area contributed by atoms with E-state index in [1.165, 1.54) is 0 Å². The number of hydrogen-bond donors (Lipinski definition) is 1. The van der Waals surface area contributed by atoms with Gasteiger partial charge in [0.2, 0.25) is 0 Å². The van der Waals surface area contributed by atoms with E-state index in [-0.39, 0.29) is 36.5 Å². The Morgan fingerprint density at radius 1 is 1.33 bits per heavy atom. The van der Waals surface area contributed by atoms with Crippen molar-refractivity contribution in [3.63, 3.8) is 0 Å². The molecule has 0 fully saturated rings. The van der Waals surface area contributed by atoms with Crippen LogP contribution < -0.4 is 35.3 Å². The van der Waals surface area contributed by atoms with Crippen LogP contribution in [0.1, 0.15) is 22.2 Å². The molecule has 0 radical (unpaired) electrons. The Labute approximate surface area is 63.1 Å². The Bertz CT molecular complexity index is 27.2. The third-order valence-corrected chi connectivity index (χ3v) is 0. The molecule has 0 atom stereocenters. The van der Waals surface area contributed by atoms with Gasteiger partial charge in [0.25, 0.3) is 0 Å². The summed E-state index contributed by atoms with van der Waals surface area (Å²) in [4.78, 5) is 0. The molecule has 0 spiro atoms. The van der Waals surface area contributed by atoms with Gasteiger partial charge < -0.3 is 7.16 Å². The van der Waals surface area contributed by atoms with E-state index in [4.69, 9.17) is 5.73 Å². The minimum Gasteiger partial charge on any atom is -1.00 e. The molecule has 2 heteroatoms. The van der Waals surface area contributed by atoms with Gasteiger partial charge >= 0.3 is 29.6 Å². The standard InChI is InChI=1S/C4H11N.Na.H/c1-4(2,3)5;;/h5H2,1-3H3;;/q;+1;-1. The zero-order chi connectivity index (χ0) is 4.50. The van der Waals surface area contributed by atoms with Crippen LogP contribution in [-0.2, 0) is 0 Å². The fourth-order valence-corrected chi connectivity index (χ4v) is 0. The Kier molecular flexibility index (Phi) is 5.07. The molecule has 0 bridgehead atoms. The van der Waals surface area contributed by atoms with Gasteiger partial charge in [0, 0.05) is 5.54 Å². The zero-order valence-corrected chi connectivity index (χ0v) is 7.08. The SMILES string of the molecule is CC(C)(C)N.[H-].[Na+]. The third kappa shape index (κ3) is 84.4. The van der Waals surface area contributed by atoms with Crippen molar-refractivity contribution in [3.05, 3.63) is 0 Å². The van der Waals surface area contributed by atoms with Gasteiger partial charge in [0.1, 0.15) is 0 Å². The van der Waals surface area contributed by atoms with Crippen molar-refractivity contribution in [1.29, 1.82) is 0 Å². The molecule has 0 aromatic carbocycles. The van der Waals surface area contributed by atoms with Gasteiger partial charge in [0.05, 0.1) is 0 Å². The molecular weight excluding hydrogens is 85.0 g/mol. The molecular formula is C4H12NNa. The van der Waals surface area contributed by atoms with Gasteiger partial charge in [-0.05, 0) is 20.8 Å². The second-order valence-electron chi connectivity index (χ2n) is 2.37. The van der Waals surface area contributed by atoms with Crippen LogP contribution in [0.3, 0.4) is 0 Å². The van der Waals surface area contributed by atoms with Crippen molar-refractivity contribution in [2.75, 3.05) is 0 Å². The maximum Gasteiger partial charge on any atom is 1.00 e. The predicted molar refractivity (Wildman–Crippen MR) is 25.1 cm³/mol. The van der Waals surface area contributed by atoms with Crippen LogP contribution in [0.4, 0.5) is 0 Å². The van der Waals surface area contributed by atoms with Crippen molar-refractivity contribution < 1.29 is 31.0 Å². The Hall–Kier alpha value is 0.960. The Morgan fingerprint density at radius 2 is 1.33 bits per heavy atom. The molecule has 0 heterocycles. The first-order valence-corrected chi connectivity index (χ1v) is 1.79. The van der Waals surface area contributed by atoms with Crippen LogP contribution in [-0.4, -0.2) is 5.54 Å². The molecule has 0 aromatic rings. The van der Waals surface area contributed by atoms with Gasteiger partial charge in [-0.1, -0.05) is 0 Å². The van der Waals surface area contributed by atoms with Gasteiger partial charge in [-0.2, -0.15) is 0 Å². The summed E-state index contributed by atoms with van der Waals surface area (Å²) in [7, 11) is 0. The first-order chi connectivity index (χ1) is 2.00. The topological polar surface area (TPSA) is 26.0 Å². The molecule has 0 amide bonds. The fraction of sp³-hybridized carbons (Fsp3) is 1.00. The smallest absolute Gasteiger partial charge is 1.00 e. The molecule has 2 N–H and O–H groups in total. The van der Waals surface area contributed by atoms with Gasteiger partial charge in [-0.3, -0.25) is 0 Å². The number of hydrogen-bond acceptors (Lipinski definition) is 1. The quantitative estimate of drug-likeness (QED) is 0.343. The second-order valence-corrected chi connectivity index (χ2v) is 2.37. The first-order valence-electron chi connectivity index (χ1n) is 1.79. The summed E-state index contributed by atoms with van der Waals surface area (Å²) >= 11 is 0. The van der Waals surface area contributed by atoms with Crippen molar-refractivity contribution in [1.82, 2.24) is 0 Å². The predicted octanol–water partition coefficient (Wildman–Crippen LogP) is -2.14. The molecule has 0 aliphatic carbocycles. The summed E-state index contributed by atoms with van der Waals surface area (Å²) in [6.07, 6.45) is 0. The third-order valence-electron chi connectivity index (χ3n) is 0. The summed E-state index contributed by atoms with van der Waals surface area (Å²) in [5.74, 6) is 0. The molecule has 1 nitrogen and oxygen atoms in total. The maximum absolute atomic E-state index is 5.35. The summed E-state index contributed by atoms with van der Waals surface area (Å²) in [5, 5.41) is 0. The minimum absolute atomic E-state index is 0. The number of nitrogens with two attached hydrogens (primary N) is 1. The number of rotatable bonds is 0. The minimum atomic E-state index is 0. The molecule has 0 saturated heterocycles. The summed E-state index contributed by atoms with van der Waals surface area (Å²) in [5.41, 5.74) is 5.35. The van der Waals surface area contributed by atoms with Crippen LogP contribution in [0.25, 0.3) is 0 Å². The van der Waals surface area contributed by atoms with E-state index < -0.39 is 0 Å². The molecule has 0 saturated carbocycles. The summed E-state index contributed by atoms with van der Waals surface area (Å²) in [6, 6.07) is 0. The van der Waals surface area contributed by atoms with E-state index in [1.807, 2.05) is 20.8 Å². The normalized spacial score (nSPS) is 10.0. The van der Waals surface area contributed by atoms with E-state index in [2.05, 4.69) is 0 Å². The molecule has 0 aliphatic heterocycles. The Morgan fingerprint density at radius 3 is 1.33 bits per heavy atom. The van der Waals surface area contributed by atoms with E-state index >= 15 is 0 Å². The molecule has 6 heavy (non-hydrogen) atoms. The molecule has 34 valence electrons. The van der Waals surface area contributed by atoms with Crippen molar-refractivity contribution in [2.45, 2.75) is 26.3 Å². The average molecular weight is 97.1 g/mol. The first kappa shape index (κ1) is 10.0. The van der Waals surface area contributed by atoms with Crippen molar-refractivity contribution >= 4 is 0 Å². The van der Waals surface area contributed by atoms with Gasteiger partial charge in [-0.25, -0.2) is 0 Å². The largest absolute Gasteiger partial charge is 1.00 e. The van der Waals surface area contributed by atoms with Gasteiger partial charge in [-0.15, -0.1) is 0 Å². The zero-order valence-electron chi connectivity index (χ0n) is 6.08. The van der Waals surface area contributed by atoms with E-state index in [0.717, 1.165) is 0 Å². The van der Waals surface area contributed by atoms with Crippen LogP contribution >= 0.6 is 0 Å². The second kappa shape index (κ2) is 3.03. The monoisotopic (exact) mass is 97.1 g/mol. The van der Waals surface area contributed by atoms with Crippen LogP contribution in [0.5, 0.6) is 0 Å². The molecule has 0 aromatic heterocycles.